The van der Waals surface area contributed by atoms with Gasteiger partial charge in [-0.15, -0.1) is 22.7 Å². The maximum absolute atomic E-state index is 4.71. The molecule has 2 rings (SSSR count). The molecule has 0 aliphatic carbocycles. The minimum atomic E-state index is 0.588. The second-order valence-electron chi connectivity index (χ2n) is 5.25. The molecule has 1 N–H and O–H groups in total. The average Bonchev–Trinajstić information content (AvgIpc) is 3.12. The van der Waals surface area contributed by atoms with E-state index >= 15 is 0 Å². The van der Waals surface area contributed by atoms with E-state index in [2.05, 4.69) is 62.6 Å². The number of anilines is 1. The molecule has 0 aliphatic heterocycles. The molecule has 5 nitrogen and oxygen atoms in total. The zero-order valence-electron chi connectivity index (χ0n) is 13.8. The van der Waals surface area contributed by atoms with Gasteiger partial charge in [-0.1, -0.05) is 0 Å². The maximum Gasteiger partial charge on any atom is 0.194 e. The standard InChI is InChI=1S/C15H22BrN5S2/c1-5-17-14(21(4)9-12-6-7-13(16)23-12)18-8-11-10-22-15(19-11)20(2)3/h6-7,10H,5,8-9H2,1-4H3,(H,17,18). The van der Waals surface area contributed by atoms with Crippen molar-refractivity contribution in [1.29, 1.82) is 0 Å². The normalized spacial score (nSPS) is 11.6. The molecule has 0 aliphatic rings. The summed E-state index contributed by atoms with van der Waals surface area (Å²) < 4.78 is 1.15. The molecule has 0 unspecified atom stereocenters. The number of hydrogen-bond acceptors (Lipinski definition) is 5. The Balaban J connectivity index is 2.03. The van der Waals surface area contributed by atoms with Crippen LogP contribution in [0.3, 0.4) is 0 Å². The molecule has 2 aromatic heterocycles. The number of thiazole rings is 1. The fourth-order valence-electron chi connectivity index (χ4n) is 1.95. The number of hydrogen-bond donors (Lipinski definition) is 1. The van der Waals surface area contributed by atoms with E-state index in [4.69, 9.17) is 4.99 Å². The minimum Gasteiger partial charge on any atom is -0.357 e. The molecule has 0 atom stereocenters. The van der Waals surface area contributed by atoms with Crippen LogP contribution in [-0.2, 0) is 13.1 Å². The summed E-state index contributed by atoms with van der Waals surface area (Å²) in [5.41, 5.74) is 1.00. The van der Waals surface area contributed by atoms with Crippen molar-refractivity contribution in [2.45, 2.75) is 20.0 Å². The molecular weight excluding hydrogens is 394 g/mol. The molecule has 0 fully saturated rings. The number of guanidine groups is 1. The van der Waals surface area contributed by atoms with Gasteiger partial charge in [0.2, 0.25) is 0 Å². The summed E-state index contributed by atoms with van der Waals surface area (Å²) in [7, 11) is 6.06. The minimum absolute atomic E-state index is 0.588. The summed E-state index contributed by atoms with van der Waals surface area (Å²) in [6.07, 6.45) is 0. The molecule has 0 saturated carbocycles. The monoisotopic (exact) mass is 415 g/mol. The van der Waals surface area contributed by atoms with Crippen LogP contribution in [0.5, 0.6) is 0 Å². The first-order chi connectivity index (χ1) is 11.0. The molecule has 0 spiro atoms. The van der Waals surface area contributed by atoms with Crippen molar-refractivity contribution in [3.8, 4) is 0 Å². The average molecular weight is 416 g/mol. The van der Waals surface area contributed by atoms with E-state index in [1.165, 1.54) is 4.88 Å². The highest BCUT2D eigenvalue weighted by atomic mass is 79.9. The van der Waals surface area contributed by atoms with Gasteiger partial charge in [0, 0.05) is 37.9 Å². The summed E-state index contributed by atoms with van der Waals surface area (Å²) in [6.45, 7) is 4.35. The summed E-state index contributed by atoms with van der Waals surface area (Å²) in [5, 5.41) is 6.42. The second-order valence-corrected chi connectivity index (χ2v) is 8.63. The van der Waals surface area contributed by atoms with Gasteiger partial charge in [-0.25, -0.2) is 9.98 Å². The van der Waals surface area contributed by atoms with Crippen molar-refractivity contribution in [1.82, 2.24) is 15.2 Å². The van der Waals surface area contributed by atoms with Crippen LogP contribution in [0, 0.1) is 0 Å². The maximum atomic E-state index is 4.71. The fourth-order valence-corrected chi connectivity index (χ4v) is 4.23. The highest BCUT2D eigenvalue weighted by molar-refractivity contribution is 9.11. The van der Waals surface area contributed by atoms with Gasteiger partial charge in [0.1, 0.15) is 0 Å². The number of aromatic nitrogens is 1. The van der Waals surface area contributed by atoms with Crippen molar-refractivity contribution >= 4 is 49.7 Å². The Morgan fingerprint density at radius 1 is 1.35 bits per heavy atom. The van der Waals surface area contributed by atoms with E-state index in [1.54, 1.807) is 22.7 Å². The molecule has 0 bridgehead atoms. The third-order valence-corrected chi connectivity index (χ3v) is 5.70. The predicted molar refractivity (Wildman–Crippen MR) is 105 cm³/mol. The third-order valence-electron chi connectivity index (χ3n) is 3.03. The predicted octanol–water partition coefficient (Wildman–Crippen LogP) is 3.63. The van der Waals surface area contributed by atoms with E-state index in [0.29, 0.717) is 6.54 Å². The number of aliphatic imine (C=N–C) groups is 1. The molecule has 0 aromatic carbocycles. The van der Waals surface area contributed by atoms with Gasteiger partial charge in [-0.05, 0) is 35.0 Å². The lowest BCUT2D eigenvalue weighted by Crippen LogP contribution is -2.38. The Hall–Kier alpha value is -1.12. The van der Waals surface area contributed by atoms with E-state index < -0.39 is 0 Å². The lowest BCUT2D eigenvalue weighted by molar-refractivity contribution is 0.481. The molecular formula is C15H22BrN5S2. The molecule has 126 valence electrons. The zero-order chi connectivity index (χ0) is 16.8. The van der Waals surface area contributed by atoms with Crippen LogP contribution in [0.2, 0.25) is 0 Å². The van der Waals surface area contributed by atoms with Crippen molar-refractivity contribution < 1.29 is 0 Å². The van der Waals surface area contributed by atoms with Gasteiger partial charge >= 0.3 is 0 Å². The van der Waals surface area contributed by atoms with Crippen molar-refractivity contribution in [3.05, 3.63) is 31.9 Å². The Morgan fingerprint density at radius 2 is 2.13 bits per heavy atom. The first-order valence-electron chi connectivity index (χ1n) is 7.35. The Bertz CT molecular complexity index is 650. The van der Waals surface area contributed by atoms with E-state index in [0.717, 1.165) is 33.7 Å². The van der Waals surface area contributed by atoms with Crippen LogP contribution >= 0.6 is 38.6 Å². The number of nitrogens with zero attached hydrogens (tertiary/aromatic N) is 4. The number of thiophene rings is 1. The number of nitrogens with one attached hydrogen (secondary N) is 1. The first kappa shape index (κ1) is 18.2. The van der Waals surface area contributed by atoms with Crippen molar-refractivity contribution in [3.63, 3.8) is 0 Å². The smallest absolute Gasteiger partial charge is 0.194 e. The third kappa shape index (κ3) is 5.47. The van der Waals surface area contributed by atoms with Crippen LogP contribution in [0.15, 0.2) is 26.3 Å². The Morgan fingerprint density at radius 3 is 2.70 bits per heavy atom. The van der Waals surface area contributed by atoms with Crippen LogP contribution in [-0.4, -0.2) is 43.5 Å². The van der Waals surface area contributed by atoms with Gasteiger partial charge in [0.15, 0.2) is 11.1 Å². The van der Waals surface area contributed by atoms with Gasteiger partial charge in [0.25, 0.3) is 0 Å². The first-order valence-corrected chi connectivity index (χ1v) is 9.84. The van der Waals surface area contributed by atoms with Crippen molar-refractivity contribution in [2.24, 2.45) is 4.99 Å². The van der Waals surface area contributed by atoms with Gasteiger partial charge < -0.3 is 15.1 Å². The summed E-state index contributed by atoms with van der Waals surface area (Å²) >= 11 is 6.90. The van der Waals surface area contributed by atoms with E-state index in [-0.39, 0.29) is 0 Å². The molecule has 2 aromatic rings. The van der Waals surface area contributed by atoms with Crippen LogP contribution < -0.4 is 10.2 Å². The second kappa shape index (κ2) is 8.65. The van der Waals surface area contributed by atoms with Crippen molar-refractivity contribution in [2.75, 3.05) is 32.6 Å². The SMILES string of the molecule is CCNC(=NCc1csc(N(C)C)n1)N(C)Cc1ccc(Br)s1. The van der Waals surface area contributed by atoms with Gasteiger partial charge in [-0.2, -0.15) is 0 Å². The highest BCUT2D eigenvalue weighted by Crippen LogP contribution is 2.23. The van der Waals surface area contributed by atoms with Crippen LogP contribution in [0.4, 0.5) is 5.13 Å². The Labute approximate surface area is 154 Å². The largest absolute Gasteiger partial charge is 0.357 e. The molecule has 23 heavy (non-hydrogen) atoms. The zero-order valence-corrected chi connectivity index (χ0v) is 17.1. The Kier molecular flexibility index (Phi) is 6.86. The lowest BCUT2D eigenvalue weighted by Gasteiger charge is -2.21. The molecule has 0 amide bonds. The quantitative estimate of drug-likeness (QED) is 0.577. The molecule has 0 saturated heterocycles. The summed E-state index contributed by atoms with van der Waals surface area (Å²) in [6, 6.07) is 4.22. The summed E-state index contributed by atoms with van der Waals surface area (Å²) in [4.78, 5) is 14.7. The molecule has 0 radical (unpaired) electrons. The molecule has 2 heterocycles. The summed E-state index contributed by atoms with van der Waals surface area (Å²) in [5.74, 6) is 0.899. The van der Waals surface area contributed by atoms with E-state index in [9.17, 15) is 0 Å². The number of halogens is 1. The van der Waals surface area contributed by atoms with Gasteiger partial charge in [0.05, 0.1) is 22.6 Å². The van der Waals surface area contributed by atoms with Gasteiger partial charge in [-0.3, -0.25) is 0 Å². The highest BCUT2D eigenvalue weighted by Gasteiger charge is 2.09. The fraction of sp³-hybridized carbons (Fsp3) is 0.467. The lowest BCUT2D eigenvalue weighted by atomic mass is 10.4. The number of rotatable bonds is 6. The topological polar surface area (TPSA) is 43.8 Å². The van der Waals surface area contributed by atoms with Crippen LogP contribution in [0.1, 0.15) is 17.5 Å². The molecule has 8 heteroatoms. The van der Waals surface area contributed by atoms with Crippen LogP contribution in [0.25, 0.3) is 0 Å². The van der Waals surface area contributed by atoms with E-state index in [1.807, 2.05) is 19.0 Å².